The predicted octanol–water partition coefficient (Wildman–Crippen LogP) is 0.228. The summed E-state index contributed by atoms with van der Waals surface area (Å²) in [5.74, 6) is 0.701. The predicted molar refractivity (Wildman–Crippen MR) is 83.1 cm³/mol. The molecule has 2 saturated heterocycles. The van der Waals surface area contributed by atoms with E-state index in [2.05, 4.69) is 0 Å². The van der Waals surface area contributed by atoms with Crippen molar-refractivity contribution in [2.75, 3.05) is 33.3 Å². The van der Waals surface area contributed by atoms with Crippen molar-refractivity contribution in [3.63, 3.8) is 0 Å². The molecule has 0 radical (unpaired) electrons. The third-order valence-corrected chi connectivity index (χ3v) is 4.45. The summed E-state index contributed by atoms with van der Waals surface area (Å²) in [6.07, 6.45) is 0.190. The Labute approximate surface area is 134 Å². The summed E-state index contributed by atoms with van der Waals surface area (Å²) < 4.78 is 10.5. The van der Waals surface area contributed by atoms with Crippen LogP contribution in [0.4, 0.5) is 4.79 Å². The van der Waals surface area contributed by atoms with Crippen molar-refractivity contribution in [3.8, 4) is 5.75 Å². The van der Waals surface area contributed by atoms with Crippen LogP contribution in [-0.4, -0.2) is 67.2 Å². The minimum Gasteiger partial charge on any atom is -0.497 e. The van der Waals surface area contributed by atoms with Crippen LogP contribution in [0, 0.1) is 0 Å². The quantitative estimate of drug-likeness (QED) is 0.839. The van der Waals surface area contributed by atoms with Crippen molar-refractivity contribution in [1.82, 2.24) is 9.80 Å². The molecule has 2 heterocycles. The Balaban J connectivity index is 1.60. The Morgan fingerprint density at radius 3 is 2.74 bits per heavy atom. The summed E-state index contributed by atoms with van der Waals surface area (Å²) in [4.78, 5) is 27.1. The monoisotopic (exact) mass is 319 g/mol. The lowest BCUT2D eigenvalue weighted by molar-refractivity contribution is -0.129. The first-order valence-electron chi connectivity index (χ1n) is 7.70. The van der Waals surface area contributed by atoms with Gasteiger partial charge in [-0.15, -0.1) is 0 Å². The molecule has 0 unspecified atom stereocenters. The first kappa shape index (κ1) is 15.6. The van der Waals surface area contributed by atoms with Gasteiger partial charge >= 0.3 is 6.09 Å². The van der Waals surface area contributed by atoms with Gasteiger partial charge in [-0.2, -0.15) is 0 Å². The molecule has 2 N–H and O–H groups in total. The number of nitrogens with two attached hydrogens (primary N) is 1. The minimum atomic E-state index is -0.298. The van der Waals surface area contributed by atoms with E-state index in [0.717, 1.165) is 17.7 Å². The number of amides is 2. The van der Waals surface area contributed by atoms with Gasteiger partial charge in [0.05, 0.1) is 26.2 Å². The highest BCUT2D eigenvalue weighted by Crippen LogP contribution is 2.27. The number of rotatable bonds is 5. The van der Waals surface area contributed by atoms with Crippen LogP contribution in [-0.2, 0) is 16.0 Å². The molecule has 2 fully saturated rings. The number of methoxy groups -OCH3 is 1. The maximum Gasteiger partial charge on any atom is 0.410 e. The summed E-state index contributed by atoms with van der Waals surface area (Å²) in [5.41, 5.74) is 6.52. The number of benzene rings is 1. The molecule has 1 aromatic rings. The highest BCUT2D eigenvalue weighted by atomic mass is 16.6. The van der Waals surface area contributed by atoms with Gasteiger partial charge in [0.2, 0.25) is 5.91 Å². The molecular formula is C16H21N3O4. The highest BCUT2D eigenvalue weighted by molar-refractivity contribution is 5.79. The molecule has 7 nitrogen and oxygen atoms in total. The van der Waals surface area contributed by atoms with Crippen LogP contribution in [0.5, 0.6) is 5.75 Å². The van der Waals surface area contributed by atoms with Crippen LogP contribution >= 0.6 is 0 Å². The molecule has 2 atom stereocenters. The van der Waals surface area contributed by atoms with Gasteiger partial charge in [0.15, 0.2) is 0 Å². The Morgan fingerprint density at radius 2 is 2.09 bits per heavy atom. The van der Waals surface area contributed by atoms with Gasteiger partial charge in [-0.3, -0.25) is 9.69 Å². The summed E-state index contributed by atoms with van der Waals surface area (Å²) in [5, 5.41) is 0. The highest BCUT2D eigenvalue weighted by Gasteiger charge is 2.48. The van der Waals surface area contributed by atoms with E-state index in [1.807, 2.05) is 24.3 Å². The van der Waals surface area contributed by atoms with Crippen molar-refractivity contribution >= 4 is 12.0 Å². The summed E-state index contributed by atoms with van der Waals surface area (Å²) >= 11 is 0. The number of carbonyl (C=O) groups excluding carboxylic acids is 2. The number of fused-ring (bicyclic) bond motifs is 1. The van der Waals surface area contributed by atoms with E-state index in [4.69, 9.17) is 15.2 Å². The van der Waals surface area contributed by atoms with E-state index in [-0.39, 0.29) is 30.7 Å². The second-order valence-electron chi connectivity index (χ2n) is 5.78. The molecule has 0 aromatic heterocycles. The first-order chi connectivity index (χ1) is 11.1. The normalized spacial score (nSPS) is 23.0. The second-order valence-corrected chi connectivity index (χ2v) is 5.78. The van der Waals surface area contributed by atoms with Crippen molar-refractivity contribution < 1.29 is 19.1 Å². The lowest BCUT2D eigenvalue weighted by atomic mass is 10.1. The van der Waals surface area contributed by atoms with Crippen LogP contribution in [0.3, 0.4) is 0 Å². The third kappa shape index (κ3) is 3.10. The molecular weight excluding hydrogens is 298 g/mol. The lowest BCUT2D eigenvalue weighted by Gasteiger charge is -2.22. The SMILES string of the molecule is COc1ccc(CCN2C(=O)O[C@@H]3CN(C(=O)CN)C[C@@H]32)cc1. The fourth-order valence-corrected chi connectivity index (χ4v) is 3.14. The number of hydrogen-bond acceptors (Lipinski definition) is 5. The van der Waals surface area contributed by atoms with E-state index >= 15 is 0 Å². The molecule has 0 saturated carbocycles. The smallest absolute Gasteiger partial charge is 0.410 e. The number of hydrogen-bond donors (Lipinski definition) is 1. The summed E-state index contributed by atoms with van der Waals surface area (Å²) in [7, 11) is 1.63. The Bertz CT molecular complexity index is 589. The Kier molecular flexibility index (Phi) is 4.38. The van der Waals surface area contributed by atoms with Crippen LogP contribution in [0.2, 0.25) is 0 Å². The standard InChI is InChI=1S/C16H21N3O4/c1-22-12-4-2-11(3-5-12)6-7-19-13-9-18(15(20)8-17)10-14(13)23-16(19)21/h2-5,13-14H,6-10,17H2,1H3/t13-,14+/m0/s1. The molecule has 3 rings (SSSR count). The Morgan fingerprint density at radius 1 is 1.35 bits per heavy atom. The fourth-order valence-electron chi connectivity index (χ4n) is 3.14. The second kappa shape index (κ2) is 6.45. The maximum absolute atomic E-state index is 12.0. The summed E-state index contributed by atoms with van der Waals surface area (Å²) in [6, 6.07) is 7.69. The molecule has 1 aromatic carbocycles. The van der Waals surface area contributed by atoms with Gasteiger partial charge in [0, 0.05) is 13.1 Å². The van der Waals surface area contributed by atoms with Gasteiger partial charge in [-0.05, 0) is 24.1 Å². The minimum absolute atomic E-state index is 0.0146. The third-order valence-electron chi connectivity index (χ3n) is 4.45. The zero-order valence-corrected chi connectivity index (χ0v) is 13.1. The molecule has 7 heteroatoms. The van der Waals surface area contributed by atoms with Gasteiger partial charge in [-0.1, -0.05) is 12.1 Å². The fraction of sp³-hybridized carbons (Fsp3) is 0.500. The number of carbonyl (C=O) groups is 2. The largest absolute Gasteiger partial charge is 0.497 e. The van der Waals surface area contributed by atoms with Gasteiger partial charge < -0.3 is 20.1 Å². The van der Waals surface area contributed by atoms with Gasteiger partial charge in [0.1, 0.15) is 11.9 Å². The average molecular weight is 319 g/mol. The topological polar surface area (TPSA) is 85.1 Å². The van der Waals surface area contributed by atoms with Crippen molar-refractivity contribution in [3.05, 3.63) is 29.8 Å². The first-order valence-corrected chi connectivity index (χ1v) is 7.70. The molecule has 2 aliphatic heterocycles. The lowest BCUT2D eigenvalue weighted by Crippen LogP contribution is -2.41. The van der Waals surface area contributed by atoms with E-state index in [0.29, 0.717) is 19.6 Å². The van der Waals surface area contributed by atoms with Gasteiger partial charge in [0.25, 0.3) is 0 Å². The molecule has 0 aliphatic carbocycles. The van der Waals surface area contributed by atoms with E-state index in [1.54, 1.807) is 16.9 Å². The van der Waals surface area contributed by atoms with Crippen LogP contribution < -0.4 is 10.5 Å². The summed E-state index contributed by atoms with van der Waals surface area (Å²) in [6.45, 7) is 1.48. The zero-order valence-electron chi connectivity index (χ0n) is 13.1. The zero-order chi connectivity index (χ0) is 16.4. The molecule has 0 spiro atoms. The Hall–Kier alpha value is -2.28. The average Bonchev–Trinajstić information content (AvgIpc) is 3.10. The number of likely N-dealkylation sites (tertiary alicyclic amines) is 1. The molecule has 0 bridgehead atoms. The van der Waals surface area contributed by atoms with Crippen molar-refractivity contribution in [1.29, 1.82) is 0 Å². The number of ether oxygens (including phenoxy) is 2. The van der Waals surface area contributed by atoms with Crippen molar-refractivity contribution in [2.24, 2.45) is 5.73 Å². The number of nitrogens with zero attached hydrogens (tertiary/aromatic N) is 2. The van der Waals surface area contributed by atoms with Crippen LogP contribution in [0.1, 0.15) is 5.56 Å². The molecule has 124 valence electrons. The van der Waals surface area contributed by atoms with Crippen LogP contribution in [0.15, 0.2) is 24.3 Å². The van der Waals surface area contributed by atoms with E-state index in [9.17, 15) is 9.59 Å². The van der Waals surface area contributed by atoms with Crippen LogP contribution in [0.25, 0.3) is 0 Å². The van der Waals surface area contributed by atoms with Gasteiger partial charge in [-0.25, -0.2) is 4.79 Å². The molecule has 23 heavy (non-hydrogen) atoms. The van der Waals surface area contributed by atoms with Crippen molar-refractivity contribution in [2.45, 2.75) is 18.6 Å². The molecule has 2 amide bonds. The van der Waals surface area contributed by atoms with E-state index in [1.165, 1.54) is 0 Å². The maximum atomic E-state index is 12.0. The van der Waals surface area contributed by atoms with E-state index < -0.39 is 0 Å². The molecule has 2 aliphatic rings.